The fraction of sp³-hybridized carbons (Fsp3) is 0.667. The molecule has 3 aliphatic rings. The van der Waals surface area contributed by atoms with Gasteiger partial charge in [0.15, 0.2) is 11.3 Å². The van der Waals surface area contributed by atoms with Gasteiger partial charge in [-0.05, 0) is 24.7 Å². The molecule has 168 valence electrons. The van der Waals surface area contributed by atoms with Crippen LogP contribution in [0.3, 0.4) is 0 Å². The summed E-state index contributed by atoms with van der Waals surface area (Å²) in [5.41, 5.74) is 5.28. The summed E-state index contributed by atoms with van der Waals surface area (Å²) in [6.45, 7) is 5.75. The molecule has 4 rings (SSSR count). The molecule has 2 aliphatic heterocycles. The summed E-state index contributed by atoms with van der Waals surface area (Å²) in [6.07, 6.45) is 5.86. The number of rotatable bonds is 4. The van der Waals surface area contributed by atoms with Crippen LogP contribution in [0.5, 0.6) is 0 Å². The molecule has 1 fully saturated rings. The number of hydrogen-bond donors (Lipinski definition) is 2. The molecule has 1 aromatic heterocycles. The molecule has 0 bridgehead atoms. The molecule has 0 saturated carbocycles. The Morgan fingerprint density at radius 1 is 1.29 bits per heavy atom. The first-order valence-electron chi connectivity index (χ1n) is 10.7. The number of fused-ring (bicyclic) bond motifs is 1. The fourth-order valence-electron chi connectivity index (χ4n) is 4.61. The van der Waals surface area contributed by atoms with E-state index in [9.17, 15) is 14.4 Å². The molecule has 10 heteroatoms. The third-order valence-electron chi connectivity index (χ3n) is 6.35. The number of hydrogen-bond acceptors (Lipinski definition) is 7. The molecule has 1 spiro atoms. The summed E-state index contributed by atoms with van der Waals surface area (Å²) in [6, 6.07) is -1.72. The van der Waals surface area contributed by atoms with Gasteiger partial charge in [0.25, 0.3) is 5.91 Å². The normalized spacial score (nSPS) is 25.9. The van der Waals surface area contributed by atoms with Gasteiger partial charge in [0.05, 0.1) is 6.54 Å². The van der Waals surface area contributed by atoms with Crippen molar-refractivity contribution in [3.8, 4) is 0 Å². The van der Waals surface area contributed by atoms with Gasteiger partial charge in [-0.1, -0.05) is 31.1 Å². The molecule has 10 nitrogen and oxygen atoms in total. The number of carbonyl (C=O) groups excluding carboxylic acids is 3. The molecule has 1 aliphatic carbocycles. The number of amides is 3. The molecule has 1 aromatic rings. The highest BCUT2D eigenvalue weighted by Gasteiger charge is 2.53. The van der Waals surface area contributed by atoms with E-state index in [2.05, 4.69) is 15.6 Å². The molecule has 1 saturated heterocycles. The van der Waals surface area contributed by atoms with Gasteiger partial charge in [-0.25, -0.2) is 0 Å². The van der Waals surface area contributed by atoms with E-state index in [0.29, 0.717) is 6.42 Å². The Labute approximate surface area is 180 Å². The first-order valence-corrected chi connectivity index (χ1v) is 10.7. The molecular formula is C21H29N5O5. The first kappa shape index (κ1) is 21.3. The summed E-state index contributed by atoms with van der Waals surface area (Å²) in [7, 11) is 0. The lowest BCUT2D eigenvalue weighted by molar-refractivity contribution is -0.141. The number of carbonyl (C=O) groups is 3. The van der Waals surface area contributed by atoms with E-state index in [1.807, 2.05) is 20.8 Å². The number of oxime groups is 1. The van der Waals surface area contributed by atoms with Gasteiger partial charge < -0.3 is 25.3 Å². The van der Waals surface area contributed by atoms with Crippen molar-refractivity contribution < 1.29 is 23.7 Å². The zero-order valence-electron chi connectivity index (χ0n) is 18.1. The highest BCUT2D eigenvalue weighted by molar-refractivity contribution is 5.98. The SMILES string of the molecule is CC(C)(C)C(NC(=O)c1noc2c1CCCC2)C(=O)N1CC2(CC=NO2)CC1C(N)=O. The van der Waals surface area contributed by atoms with Crippen LogP contribution in [0.25, 0.3) is 0 Å². The van der Waals surface area contributed by atoms with Gasteiger partial charge in [-0.15, -0.1) is 0 Å². The van der Waals surface area contributed by atoms with E-state index in [-0.39, 0.29) is 24.6 Å². The molecule has 3 heterocycles. The van der Waals surface area contributed by atoms with Gasteiger partial charge in [-0.2, -0.15) is 0 Å². The third kappa shape index (κ3) is 3.90. The maximum Gasteiger partial charge on any atom is 0.274 e. The minimum atomic E-state index is -0.893. The topological polar surface area (TPSA) is 140 Å². The molecule has 0 radical (unpaired) electrons. The quantitative estimate of drug-likeness (QED) is 0.727. The van der Waals surface area contributed by atoms with Crippen molar-refractivity contribution in [2.24, 2.45) is 16.3 Å². The molecule has 3 N–H and O–H groups in total. The van der Waals surface area contributed by atoms with Crippen molar-refractivity contribution in [3.63, 3.8) is 0 Å². The second-order valence-electron chi connectivity index (χ2n) is 9.77. The van der Waals surface area contributed by atoms with Gasteiger partial charge >= 0.3 is 0 Å². The number of primary amides is 1. The lowest BCUT2D eigenvalue weighted by Gasteiger charge is -2.35. The minimum Gasteiger partial charge on any atom is -0.387 e. The summed E-state index contributed by atoms with van der Waals surface area (Å²) in [4.78, 5) is 45.7. The highest BCUT2D eigenvalue weighted by Crippen LogP contribution is 2.37. The maximum absolute atomic E-state index is 13.6. The lowest BCUT2D eigenvalue weighted by Crippen LogP contribution is -2.57. The average molecular weight is 431 g/mol. The van der Waals surface area contributed by atoms with Gasteiger partial charge in [0, 0.05) is 31.0 Å². The Balaban J connectivity index is 1.57. The smallest absolute Gasteiger partial charge is 0.274 e. The van der Waals surface area contributed by atoms with Crippen LogP contribution in [0.15, 0.2) is 9.68 Å². The van der Waals surface area contributed by atoms with Crippen molar-refractivity contribution in [3.05, 3.63) is 17.0 Å². The Bertz CT molecular complexity index is 923. The maximum atomic E-state index is 13.6. The van der Waals surface area contributed by atoms with E-state index in [0.717, 1.165) is 37.0 Å². The molecule has 3 atom stereocenters. The predicted molar refractivity (Wildman–Crippen MR) is 110 cm³/mol. The highest BCUT2D eigenvalue weighted by atomic mass is 16.7. The Morgan fingerprint density at radius 3 is 2.68 bits per heavy atom. The van der Waals surface area contributed by atoms with Crippen LogP contribution in [0, 0.1) is 5.41 Å². The second kappa shape index (κ2) is 7.65. The average Bonchev–Trinajstić information content (AvgIpc) is 3.43. The van der Waals surface area contributed by atoms with Crippen molar-refractivity contribution >= 4 is 23.9 Å². The minimum absolute atomic E-state index is 0.182. The standard InChI is InChI=1S/C21H29N5O5/c1-20(2,3)16(24-18(28)15-12-6-4-5-7-14(12)30-25-15)19(29)26-11-21(8-9-23-31-21)10-13(26)17(22)27/h9,13,16H,4-8,10-11H2,1-3H3,(H2,22,27)(H,24,28). The van der Waals surface area contributed by atoms with Crippen molar-refractivity contribution in [1.29, 1.82) is 0 Å². The zero-order chi connectivity index (χ0) is 22.4. The van der Waals surface area contributed by atoms with Gasteiger partial charge in [-0.3, -0.25) is 14.4 Å². The Kier molecular flexibility index (Phi) is 5.26. The van der Waals surface area contributed by atoms with E-state index in [1.165, 1.54) is 4.90 Å². The third-order valence-corrected chi connectivity index (χ3v) is 6.35. The molecule has 3 amide bonds. The molecule has 0 aromatic carbocycles. The van der Waals surface area contributed by atoms with E-state index < -0.39 is 34.9 Å². The molecule has 31 heavy (non-hydrogen) atoms. The number of nitrogens with two attached hydrogens (primary N) is 1. The van der Waals surface area contributed by atoms with E-state index in [4.69, 9.17) is 15.1 Å². The van der Waals surface area contributed by atoms with E-state index in [1.54, 1.807) is 6.21 Å². The predicted octanol–water partition coefficient (Wildman–Crippen LogP) is 0.929. The van der Waals surface area contributed by atoms with Crippen LogP contribution >= 0.6 is 0 Å². The number of aryl methyl sites for hydroxylation is 1. The zero-order valence-corrected chi connectivity index (χ0v) is 18.1. The van der Waals surface area contributed by atoms with Crippen LogP contribution in [-0.4, -0.2) is 58.2 Å². The molecular weight excluding hydrogens is 402 g/mol. The second-order valence-corrected chi connectivity index (χ2v) is 9.77. The number of nitrogens with one attached hydrogen (secondary N) is 1. The summed E-state index contributed by atoms with van der Waals surface area (Å²) < 4.78 is 5.35. The first-order chi connectivity index (χ1) is 14.6. The number of aromatic nitrogens is 1. The Morgan fingerprint density at radius 2 is 2.03 bits per heavy atom. The van der Waals surface area contributed by atoms with Crippen LogP contribution in [0.1, 0.15) is 68.3 Å². The van der Waals surface area contributed by atoms with Gasteiger partial charge in [0.2, 0.25) is 11.8 Å². The van der Waals surface area contributed by atoms with Crippen LogP contribution in [0.4, 0.5) is 0 Å². The van der Waals surface area contributed by atoms with Crippen LogP contribution < -0.4 is 11.1 Å². The molecule has 3 unspecified atom stereocenters. The monoisotopic (exact) mass is 431 g/mol. The fourth-order valence-corrected chi connectivity index (χ4v) is 4.61. The van der Waals surface area contributed by atoms with E-state index >= 15 is 0 Å². The van der Waals surface area contributed by atoms with Crippen LogP contribution in [-0.2, 0) is 27.3 Å². The van der Waals surface area contributed by atoms with Crippen molar-refractivity contribution in [2.75, 3.05) is 6.54 Å². The Hall–Kier alpha value is -2.91. The number of nitrogens with zero attached hydrogens (tertiary/aromatic N) is 3. The summed E-state index contributed by atoms with van der Waals surface area (Å²) in [5.74, 6) is -0.700. The summed E-state index contributed by atoms with van der Waals surface area (Å²) >= 11 is 0. The summed E-state index contributed by atoms with van der Waals surface area (Å²) in [5, 5.41) is 10.6. The van der Waals surface area contributed by atoms with Crippen LogP contribution in [0.2, 0.25) is 0 Å². The van der Waals surface area contributed by atoms with Crippen molar-refractivity contribution in [1.82, 2.24) is 15.4 Å². The van der Waals surface area contributed by atoms with Crippen molar-refractivity contribution in [2.45, 2.75) is 77.0 Å². The largest absolute Gasteiger partial charge is 0.387 e. The lowest BCUT2D eigenvalue weighted by atomic mass is 9.85. The number of likely N-dealkylation sites (tertiary alicyclic amines) is 1. The van der Waals surface area contributed by atoms with Gasteiger partial charge in [0.1, 0.15) is 17.8 Å².